The van der Waals surface area contributed by atoms with E-state index in [0.717, 1.165) is 12.0 Å². The van der Waals surface area contributed by atoms with Crippen LogP contribution in [0, 0.1) is 5.82 Å². The maximum absolute atomic E-state index is 12.8. The Labute approximate surface area is 126 Å². The van der Waals surface area contributed by atoms with E-state index in [4.69, 9.17) is 5.11 Å². The van der Waals surface area contributed by atoms with Crippen molar-refractivity contribution in [2.24, 2.45) is 0 Å². The molecular weight excluding hydrogens is 291 g/mol. The minimum atomic E-state index is -0.993. The van der Waals surface area contributed by atoms with Crippen LogP contribution in [0.5, 0.6) is 0 Å². The molecule has 0 saturated carbocycles. The van der Waals surface area contributed by atoms with Crippen molar-refractivity contribution in [2.45, 2.75) is 25.7 Å². The van der Waals surface area contributed by atoms with Crippen LogP contribution in [-0.2, 0) is 16.6 Å². The first-order valence-electron chi connectivity index (χ1n) is 6.57. The molecule has 112 valence electrons. The van der Waals surface area contributed by atoms with Crippen molar-refractivity contribution >= 4 is 22.4 Å². The number of hydrogen-bond acceptors (Lipinski definition) is 4. The van der Waals surface area contributed by atoms with Crippen molar-refractivity contribution in [1.82, 2.24) is 4.98 Å². The van der Waals surface area contributed by atoms with Crippen molar-refractivity contribution in [3.8, 4) is 0 Å². The third kappa shape index (κ3) is 3.78. The SMILES string of the molecule is CC(C)(C(=O)O)c1csc(NCCc2ccc(F)cc2)n1. The summed E-state index contributed by atoms with van der Waals surface area (Å²) in [6, 6.07) is 6.37. The molecule has 21 heavy (non-hydrogen) atoms. The first-order valence-corrected chi connectivity index (χ1v) is 7.45. The van der Waals surface area contributed by atoms with Crippen molar-refractivity contribution < 1.29 is 14.3 Å². The fraction of sp³-hybridized carbons (Fsp3) is 0.333. The molecule has 0 aliphatic rings. The summed E-state index contributed by atoms with van der Waals surface area (Å²) < 4.78 is 12.8. The number of hydrogen-bond donors (Lipinski definition) is 2. The number of nitrogens with one attached hydrogen (secondary N) is 1. The van der Waals surface area contributed by atoms with E-state index < -0.39 is 11.4 Å². The summed E-state index contributed by atoms with van der Waals surface area (Å²) in [5.74, 6) is -1.14. The molecule has 1 aromatic heterocycles. The second-order valence-corrected chi connectivity index (χ2v) is 6.13. The van der Waals surface area contributed by atoms with Gasteiger partial charge in [0.1, 0.15) is 11.2 Å². The van der Waals surface area contributed by atoms with Gasteiger partial charge in [-0.1, -0.05) is 12.1 Å². The number of aliphatic carboxylic acids is 1. The Balaban J connectivity index is 1.91. The number of carbonyl (C=O) groups is 1. The molecule has 0 aliphatic heterocycles. The highest BCUT2D eigenvalue weighted by Crippen LogP contribution is 2.27. The summed E-state index contributed by atoms with van der Waals surface area (Å²) in [7, 11) is 0. The van der Waals surface area contributed by atoms with Gasteiger partial charge in [-0.2, -0.15) is 0 Å². The molecule has 0 fully saturated rings. The van der Waals surface area contributed by atoms with Crippen LogP contribution in [0.2, 0.25) is 0 Å². The summed E-state index contributed by atoms with van der Waals surface area (Å²) in [4.78, 5) is 15.5. The predicted octanol–water partition coefficient (Wildman–Crippen LogP) is 3.30. The highest BCUT2D eigenvalue weighted by atomic mass is 32.1. The Bertz CT molecular complexity index is 623. The van der Waals surface area contributed by atoms with Gasteiger partial charge in [-0.25, -0.2) is 9.37 Å². The third-order valence-corrected chi connectivity index (χ3v) is 4.08. The highest BCUT2D eigenvalue weighted by molar-refractivity contribution is 7.13. The average Bonchev–Trinajstić information content (AvgIpc) is 2.90. The molecule has 0 unspecified atom stereocenters. The first-order chi connectivity index (χ1) is 9.89. The number of carboxylic acid groups (broad SMARTS) is 1. The molecule has 0 radical (unpaired) electrons. The van der Waals surface area contributed by atoms with Crippen LogP contribution >= 0.6 is 11.3 Å². The quantitative estimate of drug-likeness (QED) is 0.859. The van der Waals surface area contributed by atoms with Gasteiger partial charge >= 0.3 is 5.97 Å². The van der Waals surface area contributed by atoms with Crippen molar-refractivity contribution in [3.63, 3.8) is 0 Å². The van der Waals surface area contributed by atoms with Crippen LogP contribution in [0.15, 0.2) is 29.6 Å². The molecule has 2 aromatic rings. The summed E-state index contributed by atoms with van der Waals surface area (Å²) in [6.07, 6.45) is 0.748. The van der Waals surface area contributed by atoms with Crippen LogP contribution in [0.1, 0.15) is 25.1 Å². The van der Waals surface area contributed by atoms with Gasteiger partial charge in [0, 0.05) is 11.9 Å². The van der Waals surface area contributed by atoms with E-state index in [0.29, 0.717) is 17.4 Å². The van der Waals surface area contributed by atoms with E-state index >= 15 is 0 Å². The van der Waals surface area contributed by atoms with Gasteiger partial charge in [-0.3, -0.25) is 4.79 Å². The molecule has 0 saturated heterocycles. The lowest BCUT2D eigenvalue weighted by atomic mass is 9.90. The number of thiazole rings is 1. The lowest BCUT2D eigenvalue weighted by molar-refractivity contribution is -0.142. The van der Waals surface area contributed by atoms with Crippen LogP contribution < -0.4 is 5.32 Å². The molecule has 4 nitrogen and oxygen atoms in total. The first kappa shape index (κ1) is 15.4. The zero-order valence-electron chi connectivity index (χ0n) is 11.9. The van der Waals surface area contributed by atoms with E-state index in [-0.39, 0.29) is 5.82 Å². The third-order valence-electron chi connectivity index (χ3n) is 3.28. The molecule has 1 aromatic carbocycles. The zero-order valence-corrected chi connectivity index (χ0v) is 12.7. The van der Waals surface area contributed by atoms with Gasteiger partial charge in [0.25, 0.3) is 0 Å². The minimum absolute atomic E-state index is 0.243. The maximum atomic E-state index is 12.8. The fourth-order valence-corrected chi connectivity index (χ4v) is 2.62. The Morgan fingerprint density at radius 1 is 1.38 bits per heavy atom. The van der Waals surface area contributed by atoms with E-state index in [1.807, 2.05) is 0 Å². The molecule has 0 bridgehead atoms. The summed E-state index contributed by atoms with van der Waals surface area (Å²) >= 11 is 1.39. The lowest BCUT2D eigenvalue weighted by Gasteiger charge is -2.15. The van der Waals surface area contributed by atoms with Gasteiger partial charge < -0.3 is 10.4 Å². The van der Waals surface area contributed by atoms with Crippen LogP contribution in [0.4, 0.5) is 9.52 Å². The van der Waals surface area contributed by atoms with Gasteiger partial charge in [0.15, 0.2) is 5.13 Å². The number of benzene rings is 1. The fourth-order valence-electron chi connectivity index (χ4n) is 1.72. The summed E-state index contributed by atoms with van der Waals surface area (Å²) in [5.41, 5.74) is 0.587. The number of halogens is 1. The predicted molar refractivity (Wildman–Crippen MR) is 81.4 cm³/mol. The Hall–Kier alpha value is -1.95. The average molecular weight is 308 g/mol. The van der Waals surface area contributed by atoms with Crippen molar-refractivity contribution in [1.29, 1.82) is 0 Å². The Kier molecular flexibility index (Phi) is 4.57. The lowest BCUT2D eigenvalue weighted by Crippen LogP contribution is -2.28. The highest BCUT2D eigenvalue weighted by Gasteiger charge is 2.32. The number of carboxylic acids is 1. The molecule has 0 amide bonds. The van der Waals surface area contributed by atoms with Crippen LogP contribution in [0.3, 0.4) is 0 Å². The molecular formula is C15H17FN2O2S. The van der Waals surface area contributed by atoms with Crippen LogP contribution in [0.25, 0.3) is 0 Å². The summed E-state index contributed by atoms with van der Waals surface area (Å²) in [6.45, 7) is 3.92. The van der Waals surface area contributed by atoms with E-state index in [9.17, 15) is 9.18 Å². The molecule has 0 spiro atoms. The number of nitrogens with zero attached hydrogens (tertiary/aromatic N) is 1. The molecule has 2 rings (SSSR count). The molecule has 1 heterocycles. The Morgan fingerprint density at radius 3 is 2.67 bits per heavy atom. The van der Waals surface area contributed by atoms with Gasteiger partial charge in [0.05, 0.1) is 5.69 Å². The minimum Gasteiger partial charge on any atom is -0.481 e. The second kappa shape index (κ2) is 6.22. The summed E-state index contributed by atoms with van der Waals surface area (Å²) in [5, 5.41) is 14.8. The zero-order chi connectivity index (χ0) is 15.5. The van der Waals surface area contributed by atoms with Crippen molar-refractivity contribution in [2.75, 3.05) is 11.9 Å². The molecule has 0 aliphatic carbocycles. The molecule has 2 N–H and O–H groups in total. The van der Waals surface area contributed by atoms with E-state index in [1.54, 1.807) is 31.4 Å². The van der Waals surface area contributed by atoms with Gasteiger partial charge in [0.2, 0.25) is 0 Å². The number of rotatable bonds is 6. The number of anilines is 1. The normalized spacial score (nSPS) is 11.4. The van der Waals surface area contributed by atoms with Crippen molar-refractivity contribution in [3.05, 3.63) is 46.7 Å². The second-order valence-electron chi connectivity index (χ2n) is 5.27. The standard InChI is InChI=1S/C15H17FN2O2S/c1-15(2,13(19)20)12-9-21-14(18-12)17-8-7-10-3-5-11(16)6-4-10/h3-6,9H,7-8H2,1-2H3,(H,17,18)(H,19,20). The van der Waals surface area contributed by atoms with E-state index in [2.05, 4.69) is 10.3 Å². The smallest absolute Gasteiger partial charge is 0.315 e. The Morgan fingerprint density at radius 2 is 2.05 bits per heavy atom. The number of aromatic nitrogens is 1. The van der Waals surface area contributed by atoms with E-state index in [1.165, 1.54) is 23.5 Å². The topological polar surface area (TPSA) is 62.2 Å². The largest absolute Gasteiger partial charge is 0.481 e. The van der Waals surface area contributed by atoms with Gasteiger partial charge in [-0.15, -0.1) is 11.3 Å². The molecule has 0 atom stereocenters. The maximum Gasteiger partial charge on any atom is 0.315 e. The monoisotopic (exact) mass is 308 g/mol. The molecule has 6 heteroatoms. The van der Waals surface area contributed by atoms with Crippen LogP contribution in [-0.4, -0.2) is 22.6 Å². The van der Waals surface area contributed by atoms with Gasteiger partial charge in [-0.05, 0) is 38.0 Å².